The Bertz CT molecular complexity index is 3270. The number of aromatic nitrogens is 4. The number of nitrogens with zero attached hydrogens (tertiary/aromatic N) is 4. The van der Waals surface area contributed by atoms with Gasteiger partial charge in [0.1, 0.15) is 5.58 Å². The summed E-state index contributed by atoms with van der Waals surface area (Å²) >= 11 is 0. The number of hydrogen-bond donors (Lipinski definition) is 0. The molecule has 6 heteroatoms. The minimum Gasteiger partial charge on any atom is -0.500 e. The molecule has 1 saturated carbocycles. The van der Waals surface area contributed by atoms with Gasteiger partial charge in [-0.2, -0.15) is 0 Å². The predicted octanol–water partition coefficient (Wildman–Crippen LogP) is 15.6. The standard InChI is InChI=1S/C32H27N2O.C25H25N2.Ir/c1-32(2)17-14-20(15-18-32)27-16-19-33-31(34-27)26-13-7-12-25-28-23-10-5-3-8-21(23)22-9-4-6-11-24(22)30(28)35-29(25)26;1-17(2)20-13-10-14-21(18(3)4)24(20)27-23-16-9-8-15-22(23)26-25(27)19-11-6-5-7-12-19;/h3-12,16,19-20H,14-15,17-18H2,1-2H3;5-11,13-18H,1-4H3;/q2*-1;/i20D;;. The second kappa shape index (κ2) is 17.3. The molecule has 63 heavy (non-hydrogen) atoms. The molecule has 317 valence electrons. The third kappa shape index (κ3) is 7.79. The second-order valence-electron chi connectivity index (χ2n) is 18.2. The van der Waals surface area contributed by atoms with E-state index in [1.165, 1.54) is 33.0 Å². The van der Waals surface area contributed by atoms with Gasteiger partial charge in [0.15, 0.2) is 0 Å². The van der Waals surface area contributed by atoms with Crippen LogP contribution in [0.2, 0.25) is 0 Å². The van der Waals surface area contributed by atoms with Crippen molar-refractivity contribution in [3.8, 4) is 28.5 Å². The molecule has 0 atom stereocenters. The maximum absolute atomic E-state index is 9.20. The smallest absolute Gasteiger partial charge is 0.129 e. The number of fused-ring (bicyclic) bond motifs is 9. The first-order valence-electron chi connectivity index (χ1n) is 22.6. The molecule has 5 nitrogen and oxygen atoms in total. The van der Waals surface area contributed by atoms with Gasteiger partial charge in [-0.25, -0.2) is 0 Å². The van der Waals surface area contributed by atoms with E-state index >= 15 is 0 Å². The maximum Gasteiger partial charge on any atom is 0.129 e. The molecule has 0 bridgehead atoms. The molecule has 0 spiro atoms. The number of para-hydroxylation sites is 3. The first-order chi connectivity index (χ1) is 30.5. The molecule has 0 unspecified atom stereocenters. The van der Waals surface area contributed by atoms with Crippen molar-refractivity contribution < 1.29 is 25.9 Å². The molecule has 1 aliphatic rings. The van der Waals surface area contributed by atoms with Gasteiger partial charge in [0.2, 0.25) is 0 Å². The molecule has 0 amide bonds. The van der Waals surface area contributed by atoms with Crippen LogP contribution in [0.3, 0.4) is 0 Å². The van der Waals surface area contributed by atoms with Gasteiger partial charge in [-0.3, -0.25) is 15.0 Å². The Morgan fingerprint density at radius 3 is 2.02 bits per heavy atom. The molecular weight excluding hydrogens is 949 g/mol. The zero-order chi connectivity index (χ0) is 43.5. The van der Waals surface area contributed by atoms with E-state index in [9.17, 15) is 1.37 Å². The summed E-state index contributed by atoms with van der Waals surface area (Å²) in [6, 6.07) is 52.7. The summed E-state index contributed by atoms with van der Waals surface area (Å²) in [5.41, 5.74) is 10.6. The monoisotopic (exact) mass is 1000 g/mol. The minimum atomic E-state index is -0.679. The van der Waals surface area contributed by atoms with Crippen LogP contribution in [-0.4, -0.2) is 19.5 Å². The fourth-order valence-electron chi connectivity index (χ4n) is 9.43. The number of hydrogen-bond acceptors (Lipinski definition) is 4. The van der Waals surface area contributed by atoms with Gasteiger partial charge in [0, 0.05) is 55.7 Å². The van der Waals surface area contributed by atoms with Crippen molar-refractivity contribution in [2.24, 2.45) is 5.41 Å². The van der Waals surface area contributed by atoms with E-state index in [-0.39, 0.29) is 20.1 Å². The number of benzene rings is 7. The van der Waals surface area contributed by atoms with Crippen LogP contribution >= 0.6 is 0 Å². The summed E-state index contributed by atoms with van der Waals surface area (Å²) in [6.45, 7) is 13.6. The Balaban J connectivity index is 0.000000166. The van der Waals surface area contributed by atoms with Gasteiger partial charge in [0.25, 0.3) is 0 Å². The Hall–Kier alpha value is -5.94. The van der Waals surface area contributed by atoms with Crippen molar-refractivity contribution in [1.29, 1.82) is 0 Å². The van der Waals surface area contributed by atoms with Crippen molar-refractivity contribution in [2.75, 3.05) is 0 Å². The Labute approximate surface area is 385 Å². The molecular formula is C57H52IrN4O-2. The minimum absolute atomic E-state index is 0. The number of imidazole rings is 1. The van der Waals surface area contributed by atoms with E-state index in [0.717, 1.165) is 86.7 Å². The molecule has 1 aliphatic carbocycles. The number of furan rings is 1. The first kappa shape index (κ1) is 41.1. The van der Waals surface area contributed by atoms with Gasteiger partial charge in [0.05, 0.1) is 28.3 Å². The van der Waals surface area contributed by atoms with Crippen molar-refractivity contribution >= 4 is 54.5 Å². The molecule has 0 aliphatic heterocycles. The quantitative estimate of drug-likeness (QED) is 0.123. The van der Waals surface area contributed by atoms with E-state index in [2.05, 4.69) is 166 Å². The summed E-state index contributed by atoms with van der Waals surface area (Å²) in [5.74, 6) is 1.69. The average molecular weight is 1000 g/mol. The van der Waals surface area contributed by atoms with Crippen molar-refractivity contribution in [3.63, 3.8) is 0 Å². The Morgan fingerprint density at radius 1 is 0.667 bits per heavy atom. The topological polar surface area (TPSA) is 56.7 Å². The normalized spacial score (nSPS) is 14.9. The van der Waals surface area contributed by atoms with Gasteiger partial charge < -0.3 is 8.98 Å². The van der Waals surface area contributed by atoms with Crippen molar-refractivity contribution in [1.82, 2.24) is 19.5 Å². The molecule has 0 N–H and O–H groups in total. The van der Waals surface area contributed by atoms with Gasteiger partial charge in [-0.05, 0) is 88.4 Å². The molecule has 3 aromatic heterocycles. The average Bonchev–Trinajstić information content (AvgIpc) is 3.90. The second-order valence-corrected chi connectivity index (χ2v) is 18.2. The molecule has 7 aromatic carbocycles. The summed E-state index contributed by atoms with van der Waals surface area (Å²) < 4.78 is 18.2. The van der Waals surface area contributed by atoms with Crippen LogP contribution in [0, 0.1) is 17.5 Å². The van der Waals surface area contributed by atoms with E-state index in [1.807, 2.05) is 30.3 Å². The van der Waals surface area contributed by atoms with E-state index in [0.29, 0.717) is 23.1 Å². The van der Waals surface area contributed by atoms with E-state index < -0.39 is 5.89 Å². The Kier molecular flexibility index (Phi) is 11.3. The zero-order valence-corrected chi connectivity index (χ0v) is 39.2. The Morgan fingerprint density at radius 2 is 1.32 bits per heavy atom. The summed E-state index contributed by atoms with van der Waals surface area (Å²) in [7, 11) is 0. The van der Waals surface area contributed by atoms with Gasteiger partial charge in [-0.15, -0.1) is 54.1 Å². The van der Waals surface area contributed by atoms with Gasteiger partial charge in [-0.1, -0.05) is 131 Å². The van der Waals surface area contributed by atoms with Gasteiger partial charge >= 0.3 is 0 Å². The summed E-state index contributed by atoms with van der Waals surface area (Å²) in [6.07, 6.45) is 5.47. The molecule has 1 radical (unpaired) electrons. The van der Waals surface area contributed by atoms with Crippen LogP contribution in [-0.2, 0) is 20.1 Å². The molecule has 10 aromatic rings. The van der Waals surface area contributed by atoms with Crippen LogP contribution < -0.4 is 0 Å². The van der Waals surface area contributed by atoms with Crippen LogP contribution in [0.5, 0.6) is 0 Å². The van der Waals surface area contributed by atoms with E-state index in [1.54, 1.807) is 6.20 Å². The number of rotatable bonds is 6. The molecule has 0 saturated heterocycles. The third-order valence-electron chi connectivity index (χ3n) is 12.8. The summed E-state index contributed by atoms with van der Waals surface area (Å²) in [5, 5.41) is 6.81. The molecule has 11 rings (SSSR count). The largest absolute Gasteiger partial charge is 0.500 e. The maximum atomic E-state index is 9.20. The zero-order valence-electron chi connectivity index (χ0n) is 37.8. The van der Waals surface area contributed by atoms with Crippen LogP contribution in [0.4, 0.5) is 0 Å². The van der Waals surface area contributed by atoms with Crippen molar-refractivity contribution in [3.05, 3.63) is 169 Å². The third-order valence-corrected chi connectivity index (χ3v) is 12.8. The molecule has 3 heterocycles. The fraction of sp³-hybridized carbons (Fsp3) is 0.246. The van der Waals surface area contributed by atoms with Crippen LogP contribution in [0.25, 0.3) is 83.0 Å². The fourth-order valence-corrected chi connectivity index (χ4v) is 9.43. The van der Waals surface area contributed by atoms with Crippen molar-refractivity contribution in [2.45, 2.75) is 85.0 Å². The predicted molar refractivity (Wildman–Crippen MR) is 257 cm³/mol. The summed E-state index contributed by atoms with van der Waals surface area (Å²) in [4.78, 5) is 14.6. The van der Waals surface area contributed by atoms with Crippen LogP contribution in [0.1, 0.15) is 103 Å². The van der Waals surface area contributed by atoms with E-state index in [4.69, 9.17) is 14.4 Å². The molecule has 1 fully saturated rings. The van der Waals surface area contributed by atoms with Crippen LogP contribution in [0.15, 0.2) is 144 Å². The first-order valence-corrected chi connectivity index (χ1v) is 22.1. The SMILES string of the molecule is CC(C)c1cccc(C(C)C)c1-n1c(-c2[c-]cccc2)nc2ccccc21.[2H]C1(c2ccnc(-c3[c-]ccc4c3oc3c5ccccc5c5ccccc5c43)n2)CCC(C)(C)CC1.[Ir].